The largest absolute Gasteiger partial charge is 0.461 e. The molecule has 3 atom stereocenters. The number of aliphatic hydroxyl groups is 1. The highest BCUT2D eigenvalue weighted by molar-refractivity contribution is 5.69. The van der Waals surface area contributed by atoms with Gasteiger partial charge in [-0.15, -0.1) is 0 Å². The molecule has 3 unspecified atom stereocenters. The summed E-state index contributed by atoms with van der Waals surface area (Å²) in [6, 6.07) is 0. The highest BCUT2D eigenvalue weighted by Crippen LogP contribution is 2.09. The van der Waals surface area contributed by atoms with Gasteiger partial charge in [0, 0.05) is 58.7 Å². The van der Waals surface area contributed by atoms with Crippen LogP contribution in [0.2, 0.25) is 0 Å². The van der Waals surface area contributed by atoms with Gasteiger partial charge < -0.3 is 29.0 Å². The Morgan fingerprint density at radius 3 is 1.54 bits per heavy atom. The van der Waals surface area contributed by atoms with Crippen molar-refractivity contribution in [2.75, 3.05) is 85.3 Å². The van der Waals surface area contributed by atoms with E-state index < -0.39 is 6.10 Å². The Morgan fingerprint density at radius 2 is 1.16 bits per heavy atom. The monoisotopic (exact) mass is 529 g/mol. The van der Waals surface area contributed by atoms with Gasteiger partial charge in [-0.3, -0.25) is 19.4 Å². The summed E-state index contributed by atoms with van der Waals surface area (Å²) in [6.45, 7) is 15.9. The van der Waals surface area contributed by atoms with Gasteiger partial charge in [-0.05, 0) is 59.5 Å². The van der Waals surface area contributed by atoms with Crippen LogP contribution in [-0.4, -0.2) is 135 Å². The number of rotatable bonds is 18. The molecule has 1 N–H and O–H groups in total. The number of esters is 2. The fourth-order valence-corrected chi connectivity index (χ4v) is 4.81. The number of carbonyl (C=O) groups excluding carboxylic acids is 2. The molecule has 2 heterocycles. The molecule has 37 heavy (non-hydrogen) atoms. The molecule has 0 aliphatic carbocycles. The molecule has 2 aliphatic rings. The lowest BCUT2D eigenvalue weighted by Gasteiger charge is -2.28. The summed E-state index contributed by atoms with van der Waals surface area (Å²) in [7, 11) is 0. The van der Waals surface area contributed by atoms with Crippen LogP contribution in [0.15, 0.2) is 0 Å². The minimum absolute atomic E-state index is 0.119. The van der Waals surface area contributed by atoms with Crippen LogP contribution < -0.4 is 0 Å². The average molecular weight is 530 g/mol. The first-order valence-electron chi connectivity index (χ1n) is 14.2. The second-order valence-electron chi connectivity index (χ2n) is 10.5. The predicted molar refractivity (Wildman–Crippen MR) is 141 cm³/mol. The summed E-state index contributed by atoms with van der Waals surface area (Å²) >= 11 is 0. The number of carbonyl (C=O) groups is 2. The van der Waals surface area contributed by atoms with Crippen LogP contribution in [0.25, 0.3) is 0 Å². The van der Waals surface area contributed by atoms with Crippen LogP contribution in [0.1, 0.15) is 59.3 Å². The van der Waals surface area contributed by atoms with Gasteiger partial charge in [0.05, 0.1) is 32.5 Å². The lowest BCUT2D eigenvalue weighted by Crippen LogP contribution is -2.41. The normalized spacial score (nSPS) is 19.9. The highest BCUT2D eigenvalue weighted by Gasteiger charge is 2.18. The molecule has 2 fully saturated rings. The van der Waals surface area contributed by atoms with E-state index in [4.69, 9.17) is 18.9 Å². The maximum Gasteiger partial charge on any atom is 0.306 e. The Kier molecular flexibility index (Phi) is 16.3. The van der Waals surface area contributed by atoms with Gasteiger partial charge in [0.2, 0.25) is 0 Å². The van der Waals surface area contributed by atoms with Crippen molar-refractivity contribution in [3.05, 3.63) is 0 Å². The summed E-state index contributed by atoms with van der Waals surface area (Å²) in [5, 5.41) is 9.87. The molecule has 0 aromatic rings. The predicted octanol–water partition coefficient (Wildman–Crippen LogP) is 1.54. The molecule has 0 aromatic carbocycles. The Morgan fingerprint density at radius 1 is 0.757 bits per heavy atom. The molecule has 10 heteroatoms. The van der Waals surface area contributed by atoms with Crippen LogP contribution >= 0.6 is 0 Å². The molecule has 2 rings (SSSR count). The third kappa shape index (κ3) is 15.6. The van der Waals surface area contributed by atoms with Gasteiger partial charge in [-0.1, -0.05) is 0 Å². The van der Waals surface area contributed by atoms with Gasteiger partial charge in [0.25, 0.3) is 0 Å². The fraction of sp³-hybridized carbons (Fsp3) is 0.926. The first kappa shape index (κ1) is 31.9. The molecule has 0 saturated carbocycles. The van der Waals surface area contributed by atoms with Crippen molar-refractivity contribution in [2.45, 2.75) is 77.6 Å². The summed E-state index contributed by atoms with van der Waals surface area (Å²) < 4.78 is 21.8. The molecule has 10 nitrogen and oxygen atoms in total. The van der Waals surface area contributed by atoms with Gasteiger partial charge in [-0.25, -0.2) is 0 Å². The lowest BCUT2D eigenvalue weighted by atomic mass is 10.2. The van der Waals surface area contributed by atoms with Crippen molar-refractivity contribution in [3.8, 4) is 0 Å². The lowest BCUT2D eigenvalue weighted by molar-refractivity contribution is -0.150. The summed E-state index contributed by atoms with van der Waals surface area (Å²) in [4.78, 5) is 31.2. The quantitative estimate of drug-likeness (QED) is 0.208. The molecule has 0 radical (unpaired) electrons. The van der Waals surface area contributed by atoms with Crippen LogP contribution in [0.3, 0.4) is 0 Å². The third-order valence-electron chi connectivity index (χ3n) is 6.64. The molecule has 0 amide bonds. The maximum absolute atomic E-state index is 12.2. The first-order chi connectivity index (χ1) is 17.8. The van der Waals surface area contributed by atoms with Crippen molar-refractivity contribution >= 4 is 11.9 Å². The van der Waals surface area contributed by atoms with Crippen molar-refractivity contribution < 1.29 is 33.6 Å². The maximum atomic E-state index is 12.2. The second-order valence-corrected chi connectivity index (χ2v) is 10.5. The van der Waals surface area contributed by atoms with E-state index in [9.17, 15) is 14.7 Å². The zero-order valence-corrected chi connectivity index (χ0v) is 23.4. The smallest absolute Gasteiger partial charge is 0.306 e. The van der Waals surface area contributed by atoms with E-state index in [0.29, 0.717) is 19.4 Å². The van der Waals surface area contributed by atoms with E-state index >= 15 is 0 Å². The molecule has 0 spiro atoms. The summed E-state index contributed by atoms with van der Waals surface area (Å²) in [5.41, 5.74) is 0. The number of hydrogen-bond donors (Lipinski definition) is 1. The first-order valence-corrected chi connectivity index (χ1v) is 14.2. The number of hydrogen-bond acceptors (Lipinski definition) is 10. The molecule has 0 aromatic heterocycles. The number of unbranched alkanes of at least 4 members (excludes halogenated alkanes) is 2. The van der Waals surface area contributed by atoms with Gasteiger partial charge in [0.15, 0.2) is 0 Å². The van der Waals surface area contributed by atoms with E-state index in [-0.39, 0.29) is 24.1 Å². The summed E-state index contributed by atoms with van der Waals surface area (Å²) in [5.74, 6) is -0.298. The van der Waals surface area contributed by atoms with Crippen LogP contribution in [-0.2, 0) is 28.5 Å². The second kappa shape index (κ2) is 18.9. The Labute approximate surface area is 223 Å². The van der Waals surface area contributed by atoms with E-state index in [1.807, 2.05) is 13.8 Å². The minimum Gasteiger partial charge on any atom is -0.461 e. The fourth-order valence-electron chi connectivity index (χ4n) is 4.81. The van der Waals surface area contributed by atoms with Crippen LogP contribution in [0.5, 0.6) is 0 Å². The highest BCUT2D eigenvalue weighted by atomic mass is 16.5. The molecular formula is C27H51N3O7. The van der Waals surface area contributed by atoms with E-state index in [1.54, 1.807) is 6.92 Å². The van der Waals surface area contributed by atoms with Gasteiger partial charge in [0.1, 0.15) is 12.2 Å². The minimum atomic E-state index is -0.419. The molecular weight excluding hydrogens is 478 g/mol. The van der Waals surface area contributed by atoms with E-state index in [0.717, 1.165) is 104 Å². The van der Waals surface area contributed by atoms with Crippen molar-refractivity contribution in [1.82, 2.24) is 14.7 Å². The van der Waals surface area contributed by atoms with Gasteiger partial charge >= 0.3 is 11.9 Å². The number of aliphatic hydroxyl groups excluding tert-OH is 1. The SMILES string of the molecule is CC(O)CN(CCCCC(=O)OC(C)CN1CCOCC1)CCCCC(=O)OC(C)CN1CCOCC1. The van der Waals surface area contributed by atoms with Crippen LogP contribution in [0, 0.1) is 0 Å². The molecule has 2 saturated heterocycles. The number of morpholine rings is 2. The zero-order chi connectivity index (χ0) is 26.9. The Hall–Kier alpha value is -1.30. The van der Waals surface area contributed by atoms with Crippen molar-refractivity contribution in [3.63, 3.8) is 0 Å². The average Bonchev–Trinajstić information content (AvgIpc) is 2.85. The topological polar surface area (TPSA) is 101 Å². The van der Waals surface area contributed by atoms with Crippen molar-refractivity contribution in [2.24, 2.45) is 0 Å². The molecule has 2 aliphatic heterocycles. The zero-order valence-electron chi connectivity index (χ0n) is 23.4. The molecule has 0 bridgehead atoms. The summed E-state index contributed by atoms with van der Waals surface area (Å²) in [6.07, 6.45) is 3.39. The standard InChI is InChI=1S/C27H51N3O7/c1-23(31)20-28(10-6-4-8-26(32)36-24(2)21-29-12-16-34-17-13-29)11-7-5-9-27(33)37-25(3)22-30-14-18-35-19-15-30/h23-25,31H,4-22H2,1-3H3. The van der Waals surface area contributed by atoms with E-state index in [2.05, 4.69) is 14.7 Å². The number of nitrogens with zero attached hydrogens (tertiary/aromatic N) is 3. The molecule has 216 valence electrons. The Balaban J connectivity index is 1.54. The third-order valence-corrected chi connectivity index (χ3v) is 6.64. The van der Waals surface area contributed by atoms with E-state index in [1.165, 1.54) is 0 Å². The number of ether oxygens (including phenoxy) is 4. The Bertz CT molecular complexity index is 577. The van der Waals surface area contributed by atoms with Gasteiger partial charge in [-0.2, -0.15) is 0 Å². The van der Waals surface area contributed by atoms with Crippen molar-refractivity contribution in [1.29, 1.82) is 0 Å². The van der Waals surface area contributed by atoms with Crippen LogP contribution in [0.4, 0.5) is 0 Å².